The van der Waals surface area contributed by atoms with Gasteiger partial charge in [-0.25, -0.2) is 13.1 Å². The molecule has 0 aliphatic rings. The number of hydrogen-bond acceptors (Lipinski definition) is 4. The lowest BCUT2D eigenvalue weighted by Crippen LogP contribution is -2.14. The molecule has 0 atom stereocenters. The Morgan fingerprint density at radius 2 is 1.48 bits per heavy atom. The smallest absolute Gasteiger partial charge is 0.248 e. The van der Waals surface area contributed by atoms with Crippen LogP contribution in [0.5, 0.6) is 0 Å². The largest absolute Gasteiger partial charge is 0.321 e. The highest BCUT2D eigenvalue weighted by Gasteiger charge is 2.12. The van der Waals surface area contributed by atoms with Gasteiger partial charge in [0.2, 0.25) is 15.9 Å². The molecular formula is C25H22N4O3S. The van der Waals surface area contributed by atoms with Crippen LogP contribution >= 0.6 is 0 Å². The predicted molar refractivity (Wildman–Crippen MR) is 132 cm³/mol. The molecule has 0 bridgehead atoms. The number of amides is 1. The quantitative estimate of drug-likeness (QED) is 0.397. The second-order valence-electron chi connectivity index (χ2n) is 7.32. The molecule has 1 amide bonds. The molecule has 0 saturated carbocycles. The summed E-state index contributed by atoms with van der Waals surface area (Å²) < 4.78 is 27.4. The summed E-state index contributed by atoms with van der Waals surface area (Å²) in [5.41, 5.74) is 3.99. The second-order valence-corrected chi connectivity index (χ2v) is 9.07. The van der Waals surface area contributed by atoms with E-state index < -0.39 is 15.9 Å². The number of aromatic nitrogens is 2. The number of nitrogens with zero attached hydrogens (tertiary/aromatic N) is 2. The number of nitrogens with one attached hydrogen (secondary N) is 2. The molecule has 0 aliphatic heterocycles. The van der Waals surface area contributed by atoms with Crippen molar-refractivity contribution in [1.82, 2.24) is 9.78 Å². The first-order valence-electron chi connectivity index (χ1n) is 10.2. The Hall–Kier alpha value is -4.17. The minimum absolute atomic E-state index is 0.295. The highest BCUT2D eigenvalue weighted by atomic mass is 32.2. The first-order valence-corrected chi connectivity index (χ1v) is 12.0. The van der Waals surface area contributed by atoms with E-state index in [0.717, 1.165) is 28.8 Å². The summed E-state index contributed by atoms with van der Waals surface area (Å²) in [6.07, 6.45) is 6.01. The highest BCUT2D eigenvalue weighted by Crippen LogP contribution is 2.25. The van der Waals surface area contributed by atoms with Gasteiger partial charge in [-0.15, -0.1) is 0 Å². The zero-order chi connectivity index (χ0) is 23.3. The van der Waals surface area contributed by atoms with Gasteiger partial charge in [0.1, 0.15) is 0 Å². The Kier molecular flexibility index (Phi) is 6.37. The van der Waals surface area contributed by atoms with Crippen LogP contribution in [0.3, 0.4) is 0 Å². The molecule has 7 nitrogen and oxygen atoms in total. The Bertz CT molecular complexity index is 1400. The maximum Gasteiger partial charge on any atom is 0.248 e. The van der Waals surface area contributed by atoms with Gasteiger partial charge in [-0.2, -0.15) is 5.10 Å². The first-order chi connectivity index (χ1) is 15.9. The van der Waals surface area contributed by atoms with E-state index in [1.165, 1.54) is 6.08 Å². The molecular weight excluding hydrogens is 436 g/mol. The SMILES string of the molecule is CS(=O)(=O)Nc1ccccc1NC(=O)/C=C/c1cn(-c2ccccc2)nc1-c1ccccc1. The predicted octanol–water partition coefficient (Wildman–Crippen LogP) is 4.56. The third kappa shape index (κ3) is 5.75. The monoisotopic (exact) mass is 458 g/mol. The van der Waals surface area contributed by atoms with Crippen LogP contribution in [-0.4, -0.2) is 30.4 Å². The molecule has 3 aromatic carbocycles. The van der Waals surface area contributed by atoms with E-state index >= 15 is 0 Å². The van der Waals surface area contributed by atoms with Gasteiger partial charge < -0.3 is 5.32 Å². The maximum atomic E-state index is 12.6. The van der Waals surface area contributed by atoms with E-state index in [1.54, 1.807) is 35.0 Å². The summed E-state index contributed by atoms with van der Waals surface area (Å²) in [7, 11) is -3.48. The fraction of sp³-hybridized carbons (Fsp3) is 0.0400. The highest BCUT2D eigenvalue weighted by molar-refractivity contribution is 7.92. The molecule has 0 spiro atoms. The lowest BCUT2D eigenvalue weighted by atomic mass is 10.1. The van der Waals surface area contributed by atoms with Crippen molar-refractivity contribution in [2.24, 2.45) is 0 Å². The van der Waals surface area contributed by atoms with Crippen LogP contribution in [0.2, 0.25) is 0 Å². The zero-order valence-corrected chi connectivity index (χ0v) is 18.7. The van der Waals surface area contributed by atoms with Gasteiger partial charge in [0.15, 0.2) is 0 Å². The molecule has 0 unspecified atom stereocenters. The summed E-state index contributed by atoms with van der Waals surface area (Å²) in [5, 5.41) is 7.45. The maximum absolute atomic E-state index is 12.6. The summed E-state index contributed by atoms with van der Waals surface area (Å²) in [4.78, 5) is 12.6. The van der Waals surface area contributed by atoms with E-state index in [4.69, 9.17) is 5.10 Å². The van der Waals surface area contributed by atoms with Gasteiger partial charge in [0.05, 0.1) is 29.0 Å². The van der Waals surface area contributed by atoms with E-state index in [9.17, 15) is 13.2 Å². The van der Waals surface area contributed by atoms with Gasteiger partial charge in [-0.05, 0) is 30.3 Å². The topological polar surface area (TPSA) is 93.1 Å². The normalized spacial score (nSPS) is 11.4. The molecule has 0 fully saturated rings. The van der Waals surface area contributed by atoms with E-state index in [1.807, 2.05) is 66.9 Å². The number of para-hydroxylation sites is 3. The Morgan fingerprint density at radius 3 is 2.15 bits per heavy atom. The number of benzene rings is 3. The van der Waals surface area contributed by atoms with Gasteiger partial charge in [-0.1, -0.05) is 60.7 Å². The minimum atomic E-state index is -3.48. The fourth-order valence-corrected chi connectivity index (χ4v) is 3.84. The fourth-order valence-electron chi connectivity index (χ4n) is 3.26. The number of carbonyl (C=O) groups is 1. The molecule has 33 heavy (non-hydrogen) atoms. The summed E-state index contributed by atoms with van der Waals surface area (Å²) in [5.74, 6) is -0.399. The standard InChI is InChI=1S/C25H22N4O3S/c1-33(31,32)28-23-15-9-8-14-22(23)26-24(30)17-16-20-18-29(21-12-6-3-7-13-21)27-25(20)19-10-4-2-5-11-19/h2-18,28H,1H3,(H,26,30)/b17-16+. The van der Waals surface area contributed by atoms with Crippen LogP contribution in [0.25, 0.3) is 23.0 Å². The lowest BCUT2D eigenvalue weighted by Gasteiger charge is -2.10. The van der Waals surface area contributed by atoms with Crippen molar-refractivity contribution in [2.45, 2.75) is 0 Å². The van der Waals surface area contributed by atoms with Crippen LogP contribution in [0.15, 0.2) is 97.2 Å². The molecule has 8 heteroatoms. The average Bonchev–Trinajstić information content (AvgIpc) is 3.24. The van der Waals surface area contributed by atoms with Crippen molar-refractivity contribution >= 4 is 33.4 Å². The molecule has 0 saturated heterocycles. The zero-order valence-electron chi connectivity index (χ0n) is 17.8. The van der Waals surface area contributed by atoms with Crippen LogP contribution in [0.1, 0.15) is 5.56 Å². The number of sulfonamides is 1. The lowest BCUT2D eigenvalue weighted by molar-refractivity contribution is -0.111. The van der Waals surface area contributed by atoms with E-state index in [0.29, 0.717) is 11.4 Å². The third-order valence-electron chi connectivity index (χ3n) is 4.71. The van der Waals surface area contributed by atoms with Crippen molar-refractivity contribution in [2.75, 3.05) is 16.3 Å². The van der Waals surface area contributed by atoms with Gasteiger partial charge in [0.25, 0.3) is 0 Å². The summed E-state index contributed by atoms with van der Waals surface area (Å²) in [6.45, 7) is 0. The number of anilines is 2. The molecule has 4 aromatic rings. The first kappa shape index (κ1) is 22.0. The third-order valence-corrected chi connectivity index (χ3v) is 5.30. The summed E-state index contributed by atoms with van der Waals surface area (Å²) >= 11 is 0. The molecule has 0 aliphatic carbocycles. The van der Waals surface area contributed by atoms with Crippen molar-refractivity contribution in [3.63, 3.8) is 0 Å². The van der Waals surface area contributed by atoms with Gasteiger partial charge in [0, 0.05) is 23.4 Å². The molecule has 1 aromatic heterocycles. The number of rotatable bonds is 7. The van der Waals surface area contributed by atoms with Crippen LogP contribution in [-0.2, 0) is 14.8 Å². The average molecular weight is 459 g/mol. The summed E-state index contributed by atoms with van der Waals surface area (Å²) in [6, 6.07) is 26.0. The van der Waals surface area contributed by atoms with Crippen LogP contribution in [0, 0.1) is 0 Å². The van der Waals surface area contributed by atoms with Gasteiger partial charge >= 0.3 is 0 Å². The Balaban J connectivity index is 1.62. The van der Waals surface area contributed by atoms with Gasteiger partial charge in [-0.3, -0.25) is 9.52 Å². The molecule has 2 N–H and O–H groups in total. The van der Waals surface area contributed by atoms with Crippen molar-refractivity contribution in [3.8, 4) is 16.9 Å². The molecule has 0 radical (unpaired) electrons. The van der Waals surface area contributed by atoms with Crippen LogP contribution < -0.4 is 10.0 Å². The number of carbonyl (C=O) groups excluding carboxylic acids is 1. The number of hydrogen-bond donors (Lipinski definition) is 2. The van der Waals surface area contributed by atoms with Crippen LogP contribution in [0.4, 0.5) is 11.4 Å². The molecule has 4 rings (SSSR count). The van der Waals surface area contributed by atoms with Crippen molar-refractivity contribution in [3.05, 3.63) is 103 Å². The minimum Gasteiger partial charge on any atom is -0.321 e. The van der Waals surface area contributed by atoms with E-state index in [2.05, 4.69) is 10.0 Å². The van der Waals surface area contributed by atoms with E-state index in [-0.39, 0.29) is 0 Å². The van der Waals surface area contributed by atoms with Crippen molar-refractivity contribution < 1.29 is 13.2 Å². The second kappa shape index (κ2) is 9.54. The Morgan fingerprint density at radius 1 is 0.879 bits per heavy atom. The molecule has 1 heterocycles. The molecule has 166 valence electrons. The Labute approximate surface area is 192 Å². The van der Waals surface area contributed by atoms with Crippen molar-refractivity contribution in [1.29, 1.82) is 0 Å².